The number of aliphatic hydroxyl groups is 3. The van der Waals surface area contributed by atoms with Gasteiger partial charge in [-0.05, 0) is 57.9 Å². The molecule has 2 aliphatic heterocycles. The van der Waals surface area contributed by atoms with Crippen molar-refractivity contribution in [2.45, 2.75) is 211 Å². The van der Waals surface area contributed by atoms with Gasteiger partial charge < -0.3 is 24.8 Å². The van der Waals surface area contributed by atoms with Crippen LogP contribution < -0.4 is 0 Å². The van der Waals surface area contributed by atoms with E-state index in [0.29, 0.717) is 43.5 Å². The number of hydrogen-bond acceptors (Lipinski definition) is 7. The Kier molecular flexibility index (Phi) is 21.2. The summed E-state index contributed by atoms with van der Waals surface area (Å²) in [6.07, 6.45) is 24.5. The molecule has 0 aromatic rings. The molecule has 1 fully saturated rings. The molecule has 2 aliphatic rings. The van der Waals surface area contributed by atoms with E-state index in [1.807, 2.05) is 6.92 Å². The van der Waals surface area contributed by atoms with Crippen LogP contribution >= 0.6 is 0 Å². The third kappa shape index (κ3) is 17.4. The number of ether oxygens (including phenoxy) is 2. The molecule has 44 heavy (non-hydrogen) atoms. The number of ketones is 1. The minimum atomic E-state index is -0.541. The number of esters is 1. The second-order valence-corrected chi connectivity index (χ2v) is 13.6. The summed E-state index contributed by atoms with van der Waals surface area (Å²) in [6.45, 7) is 4.07. The van der Waals surface area contributed by atoms with Crippen molar-refractivity contribution in [2.75, 3.05) is 0 Å². The predicted octanol–water partition coefficient (Wildman–Crippen LogP) is 8.05. The van der Waals surface area contributed by atoms with Crippen molar-refractivity contribution >= 4 is 11.8 Å². The second-order valence-electron chi connectivity index (χ2n) is 13.6. The normalized spacial score (nSPS) is 22.2. The highest BCUT2D eigenvalue weighted by atomic mass is 16.5. The van der Waals surface area contributed by atoms with Gasteiger partial charge in [0, 0.05) is 24.8 Å². The quantitative estimate of drug-likeness (QED) is 0.0598. The Bertz CT molecular complexity index is 797. The van der Waals surface area contributed by atoms with Crippen LogP contribution in [0.4, 0.5) is 0 Å². The van der Waals surface area contributed by atoms with Crippen LogP contribution in [-0.2, 0) is 19.1 Å². The van der Waals surface area contributed by atoms with Gasteiger partial charge in [0.25, 0.3) is 0 Å². The summed E-state index contributed by atoms with van der Waals surface area (Å²) in [5.74, 6) is -0.0135. The Balaban J connectivity index is 1.38. The number of rotatable bonds is 28. The average molecular weight is 623 g/mol. The van der Waals surface area contributed by atoms with E-state index < -0.39 is 18.3 Å². The van der Waals surface area contributed by atoms with Gasteiger partial charge in [0.2, 0.25) is 0 Å². The molecule has 0 saturated carbocycles. The lowest BCUT2D eigenvalue weighted by Crippen LogP contribution is -2.31. The van der Waals surface area contributed by atoms with Gasteiger partial charge in [-0.2, -0.15) is 0 Å². The molecule has 2 rings (SSSR count). The number of cyclic esters (lactones) is 1. The van der Waals surface area contributed by atoms with Crippen molar-refractivity contribution in [3.63, 3.8) is 0 Å². The lowest BCUT2D eigenvalue weighted by atomic mass is 9.99. The molecular formula is C37H66O7. The summed E-state index contributed by atoms with van der Waals surface area (Å²) in [6, 6.07) is 0. The molecule has 256 valence electrons. The summed E-state index contributed by atoms with van der Waals surface area (Å²) in [5, 5.41) is 31.4. The van der Waals surface area contributed by atoms with Gasteiger partial charge in [-0.25, -0.2) is 4.79 Å². The van der Waals surface area contributed by atoms with Gasteiger partial charge in [-0.3, -0.25) is 4.79 Å². The molecule has 7 heteroatoms. The standard InChI is InChI=1S/C37H66O7/c1-3-4-5-6-7-8-9-10-11-18-23-33(40)35-25-26-36(44-35)34(41)24-19-13-12-15-20-31(38)21-16-14-17-22-32(39)28-30-27-29(2)43-37(30)42/h27,29,32-36,39-41H,3-26,28H2,1-2H3/t29-,32+,33-,34+,35-,36+/m0/s1. The lowest BCUT2D eigenvalue weighted by Gasteiger charge is -2.22. The van der Waals surface area contributed by atoms with Gasteiger partial charge in [-0.15, -0.1) is 0 Å². The molecule has 0 amide bonds. The molecule has 0 aliphatic carbocycles. The Morgan fingerprint density at radius 1 is 0.727 bits per heavy atom. The molecule has 6 atom stereocenters. The van der Waals surface area contributed by atoms with E-state index >= 15 is 0 Å². The summed E-state index contributed by atoms with van der Waals surface area (Å²) in [5.41, 5.74) is 0.569. The zero-order valence-corrected chi connectivity index (χ0v) is 28.2. The molecule has 2 heterocycles. The lowest BCUT2D eigenvalue weighted by molar-refractivity contribution is -0.139. The average Bonchev–Trinajstić information content (AvgIpc) is 3.61. The highest BCUT2D eigenvalue weighted by Crippen LogP contribution is 2.28. The van der Waals surface area contributed by atoms with Crippen LogP contribution in [0.15, 0.2) is 11.6 Å². The van der Waals surface area contributed by atoms with Gasteiger partial charge in [0.15, 0.2) is 0 Å². The molecule has 7 nitrogen and oxygen atoms in total. The van der Waals surface area contributed by atoms with Crippen LogP contribution in [0, 0.1) is 0 Å². The second kappa shape index (κ2) is 24.0. The van der Waals surface area contributed by atoms with Crippen molar-refractivity contribution < 1.29 is 34.4 Å². The fourth-order valence-electron chi connectivity index (χ4n) is 6.64. The van der Waals surface area contributed by atoms with Crippen LogP contribution in [0.3, 0.4) is 0 Å². The zero-order valence-electron chi connectivity index (χ0n) is 28.2. The monoisotopic (exact) mass is 622 g/mol. The molecule has 1 saturated heterocycles. The van der Waals surface area contributed by atoms with E-state index in [4.69, 9.17) is 9.47 Å². The molecule has 0 bridgehead atoms. The largest absolute Gasteiger partial charge is 0.455 e. The Morgan fingerprint density at radius 3 is 1.68 bits per heavy atom. The fraction of sp³-hybridized carbons (Fsp3) is 0.892. The first-order valence-electron chi connectivity index (χ1n) is 18.4. The number of unbranched alkanes of at least 4 members (excludes halogenated alkanes) is 14. The Hall–Kier alpha value is -1.28. The van der Waals surface area contributed by atoms with Gasteiger partial charge in [-0.1, -0.05) is 103 Å². The minimum Gasteiger partial charge on any atom is -0.455 e. The maximum Gasteiger partial charge on any atom is 0.334 e. The van der Waals surface area contributed by atoms with Crippen LogP contribution in [0.5, 0.6) is 0 Å². The number of carbonyl (C=O) groups is 2. The number of aliphatic hydroxyl groups excluding tert-OH is 3. The zero-order chi connectivity index (χ0) is 32.0. The van der Waals surface area contributed by atoms with Crippen LogP contribution in [0.1, 0.15) is 174 Å². The minimum absolute atomic E-state index is 0.136. The number of carbonyl (C=O) groups excluding carboxylic acids is 2. The summed E-state index contributed by atoms with van der Waals surface area (Å²) >= 11 is 0. The number of hydrogen-bond donors (Lipinski definition) is 3. The van der Waals surface area contributed by atoms with Crippen molar-refractivity contribution in [3.8, 4) is 0 Å². The third-order valence-corrected chi connectivity index (χ3v) is 9.44. The van der Waals surface area contributed by atoms with Crippen molar-refractivity contribution in [2.24, 2.45) is 0 Å². The number of Topliss-reactive ketones (excluding diaryl/α,β-unsaturated/α-hetero) is 1. The van der Waals surface area contributed by atoms with E-state index in [-0.39, 0.29) is 24.3 Å². The van der Waals surface area contributed by atoms with Gasteiger partial charge in [0.05, 0.1) is 30.5 Å². The first-order chi connectivity index (χ1) is 21.3. The topological polar surface area (TPSA) is 113 Å². The maximum absolute atomic E-state index is 12.2. The van der Waals surface area contributed by atoms with E-state index in [2.05, 4.69) is 6.92 Å². The fourth-order valence-corrected chi connectivity index (χ4v) is 6.64. The smallest absolute Gasteiger partial charge is 0.334 e. The molecule has 0 aromatic heterocycles. The molecule has 0 radical (unpaired) electrons. The van der Waals surface area contributed by atoms with Gasteiger partial charge >= 0.3 is 5.97 Å². The highest BCUT2D eigenvalue weighted by molar-refractivity contribution is 5.90. The summed E-state index contributed by atoms with van der Waals surface area (Å²) < 4.78 is 11.1. The predicted molar refractivity (Wildman–Crippen MR) is 176 cm³/mol. The SMILES string of the molecule is CCCCCCCCCCCC[C@H](O)[C@@H]1CC[C@H]([C@H](O)CCCCCCC(=O)CCCCC[C@@H](O)CC2=C[C@H](C)OC2=O)O1. The Labute approximate surface area is 268 Å². The van der Waals surface area contributed by atoms with Crippen molar-refractivity contribution in [1.29, 1.82) is 0 Å². The van der Waals surface area contributed by atoms with E-state index in [0.717, 1.165) is 70.6 Å². The van der Waals surface area contributed by atoms with E-state index in [1.165, 1.54) is 57.8 Å². The Morgan fingerprint density at radius 2 is 1.18 bits per heavy atom. The third-order valence-electron chi connectivity index (χ3n) is 9.44. The van der Waals surface area contributed by atoms with Crippen LogP contribution in [0.25, 0.3) is 0 Å². The van der Waals surface area contributed by atoms with Gasteiger partial charge in [0.1, 0.15) is 11.9 Å². The molecule has 3 N–H and O–H groups in total. The molecule has 0 spiro atoms. The van der Waals surface area contributed by atoms with E-state index in [1.54, 1.807) is 6.08 Å². The summed E-state index contributed by atoms with van der Waals surface area (Å²) in [4.78, 5) is 23.9. The van der Waals surface area contributed by atoms with Crippen LogP contribution in [-0.4, -0.2) is 63.7 Å². The maximum atomic E-state index is 12.2. The van der Waals surface area contributed by atoms with Crippen LogP contribution in [0.2, 0.25) is 0 Å². The first-order valence-corrected chi connectivity index (χ1v) is 18.4. The van der Waals surface area contributed by atoms with Crippen molar-refractivity contribution in [3.05, 3.63) is 11.6 Å². The molecular weight excluding hydrogens is 556 g/mol. The highest BCUT2D eigenvalue weighted by Gasteiger charge is 2.34. The van der Waals surface area contributed by atoms with E-state index in [9.17, 15) is 24.9 Å². The van der Waals surface area contributed by atoms with Crippen molar-refractivity contribution in [1.82, 2.24) is 0 Å². The summed E-state index contributed by atoms with van der Waals surface area (Å²) in [7, 11) is 0. The molecule has 0 unspecified atom stereocenters. The molecule has 0 aromatic carbocycles. The first kappa shape index (κ1) is 38.9.